The fourth-order valence-electron chi connectivity index (χ4n) is 5.84. The summed E-state index contributed by atoms with van der Waals surface area (Å²) < 4.78 is 10.7. The highest BCUT2D eigenvalue weighted by molar-refractivity contribution is 5.97. The third-order valence-corrected chi connectivity index (χ3v) is 8.11. The van der Waals surface area contributed by atoms with Crippen molar-refractivity contribution in [1.82, 2.24) is 18.7 Å². The van der Waals surface area contributed by atoms with Crippen molar-refractivity contribution in [3.63, 3.8) is 0 Å². The summed E-state index contributed by atoms with van der Waals surface area (Å²) in [5.74, 6) is 0.500. The lowest BCUT2D eigenvalue weighted by atomic mass is 9.98. The maximum Gasteiger partial charge on any atom is 0.339 e. The summed E-state index contributed by atoms with van der Waals surface area (Å²) in [7, 11) is 0. The van der Waals surface area contributed by atoms with Crippen LogP contribution in [0, 0.1) is 0 Å². The number of ether oxygens (including phenoxy) is 1. The zero-order valence-electron chi connectivity index (χ0n) is 27.3. The Kier molecular flexibility index (Phi) is 8.85. The zero-order valence-corrected chi connectivity index (χ0v) is 27.3. The van der Waals surface area contributed by atoms with Gasteiger partial charge in [0.15, 0.2) is 0 Å². The second kappa shape index (κ2) is 13.2. The van der Waals surface area contributed by atoms with Crippen molar-refractivity contribution >= 4 is 17.0 Å². The van der Waals surface area contributed by atoms with Crippen molar-refractivity contribution in [3.05, 3.63) is 136 Å². The maximum absolute atomic E-state index is 13.5. The lowest BCUT2D eigenvalue weighted by molar-refractivity contribution is 0.00704. The molecule has 0 aliphatic carbocycles. The van der Waals surface area contributed by atoms with Crippen LogP contribution in [0.1, 0.15) is 67.8 Å². The fraction of sp³-hybridized carbons (Fsp3) is 0.256. The van der Waals surface area contributed by atoms with Gasteiger partial charge in [0.05, 0.1) is 35.0 Å². The molecule has 0 fully saturated rings. The van der Waals surface area contributed by atoms with Gasteiger partial charge in [-0.3, -0.25) is 4.57 Å². The van der Waals surface area contributed by atoms with E-state index < -0.39 is 5.60 Å². The standard InChI is InChI=1S/C39H40N4O4/c1-5-6-16-35-40-33-22-21-30(43-36(44)26-41(38(43)46)24-27-12-8-7-9-13-27)23-34(33)42(35)25-28-17-19-29(20-18-28)31-14-10-11-15-32(31)37(45)47-39(2,3)4/h7-15,17-23,26,44H,5-6,16,24-25H2,1-4H3. The van der Waals surface area contributed by atoms with E-state index in [4.69, 9.17) is 9.72 Å². The molecular formula is C39H40N4O4. The third-order valence-electron chi connectivity index (χ3n) is 8.11. The van der Waals surface area contributed by atoms with Gasteiger partial charge < -0.3 is 14.4 Å². The van der Waals surface area contributed by atoms with Gasteiger partial charge in [0.25, 0.3) is 0 Å². The van der Waals surface area contributed by atoms with Crippen LogP contribution in [0.3, 0.4) is 0 Å². The second-order valence-electron chi connectivity index (χ2n) is 12.9. The van der Waals surface area contributed by atoms with Gasteiger partial charge in [0.1, 0.15) is 11.4 Å². The molecule has 6 rings (SSSR count). The number of hydrogen-bond acceptors (Lipinski definition) is 5. The van der Waals surface area contributed by atoms with Gasteiger partial charge in [-0.15, -0.1) is 0 Å². The number of rotatable bonds is 10. The molecule has 0 saturated heterocycles. The van der Waals surface area contributed by atoms with Crippen LogP contribution >= 0.6 is 0 Å². The summed E-state index contributed by atoms with van der Waals surface area (Å²) in [6.45, 7) is 8.69. The van der Waals surface area contributed by atoms with E-state index in [-0.39, 0.29) is 17.5 Å². The number of hydrogen-bond donors (Lipinski definition) is 1. The van der Waals surface area contributed by atoms with Crippen LogP contribution in [0.25, 0.3) is 27.8 Å². The topological polar surface area (TPSA) is 91.3 Å². The first-order valence-electron chi connectivity index (χ1n) is 16.1. The summed E-state index contributed by atoms with van der Waals surface area (Å²) in [4.78, 5) is 31.4. The summed E-state index contributed by atoms with van der Waals surface area (Å²) >= 11 is 0. The molecular weight excluding hydrogens is 588 g/mol. The number of fused-ring (bicyclic) bond motifs is 1. The van der Waals surface area contributed by atoms with Crippen LogP contribution in [0.2, 0.25) is 0 Å². The molecule has 0 amide bonds. The number of unbranched alkanes of at least 4 members (excludes halogenated alkanes) is 1. The average molecular weight is 629 g/mol. The Hall–Kier alpha value is -5.37. The average Bonchev–Trinajstić information content (AvgIpc) is 3.54. The van der Waals surface area contributed by atoms with Crippen molar-refractivity contribution in [2.75, 3.05) is 0 Å². The number of esters is 1. The number of carbonyl (C=O) groups is 1. The first-order valence-corrected chi connectivity index (χ1v) is 16.1. The SMILES string of the molecule is CCCCc1nc2ccc(-n3c(O)cn(Cc4ccccc4)c3=O)cc2n1Cc1ccc(-c2ccccc2C(=O)OC(C)(C)C)cc1. The number of nitrogens with zero attached hydrogens (tertiary/aromatic N) is 4. The van der Waals surface area contributed by atoms with Crippen molar-refractivity contribution < 1.29 is 14.6 Å². The molecule has 0 aliphatic rings. The van der Waals surface area contributed by atoms with Gasteiger partial charge in [-0.1, -0.05) is 86.1 Å². The monoisotopic (exact) mass is 628 g/mol. The first kappa shape index (κ1) is 31.6. The highest BCUT2D eigenvalue weighted by Crippen LogP contribution is 2.28. The molecule has 240 valence electrons. The smallest absolute Gasteiger partial charge is 0.339 e. The maximum atomic E-state index is 13.5. The summed E-state index contributed by atoms with van der Waals surface area (Å²) in [6.07, 6.45) is 4.34. The van der Waals surface area contributed by atoms with Crippen molar-refractivity contribution in [2.24, 2.45) is 0 Å². The predicted molar refractivity (Wildman–Crippen MR) is 185 cm³/mol. The minimum atomic E-state index is -0.588. The van der Waals surface area contributed by atoms with Gasteiger partial charge in [0, 0.05) is 13.0 Å². The number of carbonyl (C=O) groups excluding carboxylic acids is 1. The Morgan fingerprint density at radius 3 is 2.30 bits per heavy atom. The Morgan fingerprint density at radius 1 is 0.872 bits per heavy atom. The van der Waals surface area contributed by atoms with E-state index in [2.05, 4.69) is 23.6 Å². The van der Waals surface area contributed by atoms with E-state index in [1.54, 1.807) is 6.07 Å². The van der Waals surface area contributed by atoms with Gasteiger partial charge in [-0.2, -0.15) is 0 Å². The predicted octanol–water partition coefficient (Wildman–Crippen LogP) is 7.76. The van der Waals surface area contributed by atoms with Gasteiger partial charge >= 0.3 is 11.7 Å². The van der Waals surface area contributed by atoms with E-state index >= 15 is 0 Å². The molecule has 0 bridgehead atoms. The van der Waals surface area contributed by atoms with Crippen LogP contribution < -0.4 is 5.69 Å². The van der Waals surface area contributed by atoms with Crippen molar-refractivity contribution in [1.29, 1.82) is 0 Å². The van der Waals surface area contributed by atoms with Crippen LogP contribution in [0.4, 0.5) is 0 Å². The number of aromatic hydroxyl groups is 1. The molecule has 4 aromatic carbocycles. The van der Waals surface area contributed by atoms with Gasteiger partial charge in [-0.25, -0.2) is 19.1 Å². The summed E-state index contributed by atoms with van der Waals surface area (Å²) in [6, 6.07) is 31.1. The Bertz CT molecular complexity index is 2080. The van der Waals surface area contributed by atoms with Gasteiger partial charge in [0.2, 0.25) is 5.88 Å². The van der Waals surface area contributed by atoms with Crippen LogP contribution in [0.15, 0.2) is 108 Å². The third kappa shape index (κ3) is 6.92. The molecule has 0 atom stereocenters. The normalized spacial score (nSPS) is 11.7. The van der Waals surface area contributed by atoms with Crippen molar-refractivity contribution in [3.8, 4) is 22.7 Å². The quantitative estimate of drug-likeness (QED) is 0.157. The summed E-state index contributed by atoms with van der Waals surface area (Å²) in [5.41, 5.74) is 5.70. The van der Waals surface area contributed by atoms with E-state index in [0.717, 1.165) is 58.4 Å². The molecule has 1 N–H and O–H groups in total. The molecule has 0 saturated carbocycles. The molecule has 6 aromatic rings. The van der Waals surface area contributed by atoms with Gasteiger partial charge in [-0.05, 0) is 73.7 Å². The minimum Gasteiger partial charge on any atom is -0.493 e. The molecule has 2 heterocycles. The van der Waals surface area contributed by atoms with E-state index in [9.17, 15) is 14.7 Å². The zero-order chi connectivity index (χ0) is 33.1. The lowest BCUT2D eigenvalue weighted by Crippen LogP contribution is -2.24. The molecule has 0 spiro atoms. The van der Waals surface area contributed by atoms with Crippen LogP contribution in [0.5, 0.6) is 5.88 Å². The molecule has 47 heavy (non-hydrogen) atoms. The Morgan fingerprint density at radius 2 is 1.57 bits per heavy atom. The molecule has 0 aliphatic heterocycles. The summed E-state index contributed by atoms with van der Waals surface area (Å²) in [5, 5.41) is 10.9. The number of aromatic nitrogens is 4. The number of aryl methyl sites for hydroxylation is 1. The largest absolute Gasteiger partial charge is 0.493 e. The molecule has 8 heteroatoms. The van der Waals surface area contributed by atoms with Crippen molar-refractivity contribution in [2.45, 2.75) is 65.6 Å². The van der Waals surface area contributed by atoms with E-state index in [0.29, 0.717) is 24.3 Å². The molecule has 0 radical (unpaired) electrons. The van der Waals surface area contributed by atoms with E-state index in [1.807, 2.05) is 99.6 Å². The highest BCUT2D eigenvalue weighted by Gasteiger charge is 2.21. The van der Waals surface area contributed by atoms with Crippen LogP contribution in [-0.2, 0) is 24.2 Å². The van der Waals surface area contributed by atoms with E-state index in [1.165, 1.54) is 15.3 Å². The molecule has 8 nitrogen and oxygen atoms in total. The Balaban J connectivity index is 1.33. The first-order chi connectivity index (χ1) is 22.6. The number of imidazole rings is 2. The molecule has 0 unspecified atom stereocenters. The second-order valence-corrected chi connectivity index (χ2v) is 12.9. The molecule has 2 aromatic heterocycles. The number of benzene rings is 4. The fourth-order valence-corrected chi connectivity index (χ4v) is 5.84. The van der Waals surface area contributed by atoms with Crippen LogP contribution in [-0.4, -0.2) is 35.4 Å². The minimum absolute atomic E-state index is 0.121. The highest BCUT2D eigenvalue weighted by atomic mass is 16.6. The Labute approximate surface area is 274 Å². The lowest BCUT2D eigenvalue weighted by Gasteiger charge is -2.20.